The third-order valence-corrected chi connectivity index (χ3v) is 6.25. The van der Waals surface area contributed by atoms with Crippen LogP contribution in [0.3, 0.4) is 0 Å². The SMILES string of the molecule is COc1ccc(-c2nnc(SCC(=O)N[C@H](C)c3ccccc3)n2-c2ccc(OC)cc2)cc1. The van der Waals surface area contributed by atoms with Gasteiger partial charge < -0.3 is 14.8 Å². The molecule has 4 rings (SSSR count). The molecule has 0 aliphatic heterocycles. The van der Waals surface area contributed by atoms with E-state index < -0.39 is 0 Å². The van der Waals surface area contributed by atoms with Crippen LogP contribution < -0.4 is 14.8 Å². The normalized spacial score (nSPS) is 11.6. The molecule has 0 bridgehead atoms. The molecule has 8 heteroatoms. The van der Waals surface area contributed by atoms with E-state index in [-0.39, 0.29) is 17.7 Å². The first-order valence-electron chi connectivity index (χ1n) is 10.8. The number of amides is 1. The summed E-state index contributed by atoms with van der Waals surface area (Å²) in [6.07, 6.45) is 0. The van der Waals surface area contributed by atoms with Crippen LogP contribution in [0.4, 0.5) is 0 Å². The highest BCUT2D eigenvalue weighted by atomic mass is 32.2. The van der Waals surface area contributed by atoms with Gasteiger partial charge >= 0.3 is 0 Å². The molecule has 0 saturated carbocycles. The predicted molar refractivity (Wildman–Crippen MR) is 134 cm³/mol. The molecule has 1 amide bonds. The van der Waals surface area contributed by atoms with Gasteiger partial charge in [-0.15, -0.1) is 10.2 Å². The fourth-order valence-electron chi connectivity index (χ4n) is 3.49. The molecule has 1 heterocycles. The first kappa shape index (κ1) is 23.4. The van der Waals surface area contributed by atoms with Crippen LogP contribution in [0.25, 0.3) is 17.1 Å². The first-order chi connectivity index (χ1) is 16.6. The van der Waals surface area contributed by atoms with Gasteiger partial charge in [-0.2, -0.15) is 0 Å². The van der Waals surface area contributed by atoms with Crippen molar-refractivity contribution in [2.75, 3.05) is 20.0 Å². The van der Waals surface area contributed by atoms with Crippen molar-refractivity contribution in [2.24, 2.45) is 0 Å². The Labute approximate surface area is 203 Å². The van der Waals surface area contributed by atoms with E-state index in [9.17, 15) is 4.79 Å². The van der Waals surface area contributed by atoms with Crippen molar-refractivity contribution in [1.29, 1.82) is 0 Å². The molecule has 1 atom stereocenters. The summed E-state index contributed by atoms with van der Waals surface area (Å²) in [7, 11) is 3.26. The van der Waals surface area contributed by atoms with Crippen molar-refractivity contribution in [3.05, 3.63) is 84.4 Å². The van der Waals surface area contributed by atoms with E-state index in [0.29, 0.717) is 11.0 Å². The molecule has 1 aromatic heterocycles. The smallest absolute Gasteiger partial charge is 0.230 e. The van der Waals surface area contributed by atoms with Crippen molar-refractivity contribution in [2.45, 2.75) is 18.1 Å². The monoisotopic (exact) mass is 474 g/mol. The zero-order chi connectivity index (χ0) is 23.9. The second kappa shape index (κ2) is 10.9. The number of nitrogens with one attached hydrogen (secondary N) is 1. The van der Waals surface area contributed by atoms with E-state index >= 15 is 0 Å². The third-order valence-electron chi connectivity index (χ3n) is 5.32. The number of hydrogen-bond donors (Lipinski definition) is 1. The Kier molecular flexibility index (Phi) is 7.49. The van der Waals surface area contributed by atoms with Gasteiger partial charge in [-0.05, 0) is 61.0 Å². The summed E-state index contributed by atoms with van der Waals surface area (Å²) in [6, 6.07) is 25.1. The molecular weight excluding hydrogens is 448 g/mol. The topological polar surface area (TPSA) is 78.3 Å². The average Bonchev–Trinajstić information content (AvgIpc) is 3.32. The highest BCUT2D eigenvalue weighted by Crippen LogP contribution is 2.30. The maximum absolute atomic E-state index is 12.7. The summed E-state index contributed by atoms with van der Waals surface area (Å²) in [5, 5.41) is 12.5. The number of rotatable bonds is 9. The van der Waals surface area contributed by atoms with Gasteiger partial charge in [0.15, 0.2) is 11.0 Å². The molecule has 0 saturated heterocycles. The number of ether oxygens (including phenoxy) is 2. The molecule has 0 aliphatic rings. The van der Waals surface area contributed by atoms with E-state index in [1.54, 1.807) is 14.2 Å². The average molecular weight is 475 g/mol. The van der Waals surface area contributed by atoms with Gasteiger partial charge in [-0.1, -0.05) is 42.1 Å². The largest absolute Gasteiger partial charge is 0.497 e. The Hall–Kier alpha value is -3.78. The van der Waals surface area contributed by atoms with Gasteiger partial charge in [0.25, 0.3) is 0 Å². The lowest BCUT2D eigenvalue weighted by molar-refractivity contribution is -0.119. The molecule has 0 unspecified atom stereocenters. The quantitative estimate of drug-likeness (QED) is 0.347. The van der Waals surface area contributed by atoms with Crippen LogP contribution in [0.2, 0.25) is 0 Å². The van der Waals surface area contributed by atoms with E-state index in [2.05, 4.69) is 15.5 Å². The van der Waals surface area contributed by atoms with Gasteiger partial charge in [0.1, 0.15) is 11.5 Å². The fourth-order valence-corrected chi connectivity index (χ4v) is 4.26. The molecule has 7 nitrogen and oxygen atoms in total. The lowest BCUT2D eigenvalue weighted by atomic mass is 10.1. The second-order valence-electron chi connectivity index (χ2n) is 7.56. The van der Waals surface area contributed by atoms with Gasteiger partial charge in [0.05, 0.1) is 26.0 Å². The summed E-state index contributed by atoms with van der Waals surface area (Å²) < 4.78 is 12.5. The Morgan fingerprint density at radius 3 is 2.15 bits per heavy atom. The van der Waals surface area contributed by atoms with E-state index in [4.69, 9.17) is 9.47 Å². The summed E-state index contributed by atoms with van der Waals surface area (Å²) >= 11 is 1.34. The minimum absolute atomic E-state index is 0.0726. The van der Waals surface area contributed by atoms with Gasteiger partial charge in [-0.25, -0.2) is 0 Å². The number of nitrogens with zero attached hydrogens (tertiary/aromatic N) is 3. The standard InChI is InChI=1S/C26H26N4O3S/c1-18(19-7-5-4-6-8-19)27-24(31)17-34-26-29-28-25(20-9-13-22(32-2)14-10-20)30(26)21-11-15-23(33-3)16-12-21/h4-16,18H,17H2,1-3H3,(H,27,31)/t18-/m1/s1. The van der Waals surface area contributed by atoms with Crippen LogP contribution >= 0.6 is 11.8 Å². The Balaban J connectivity index is 1.57. The summed E-state index contributed by atoms with van der Waals surface area (Å²) in [4.78, 5) is 12.7. The van der Waals surface area contributed by atoms with Crippen molar-refractivity contribution in [3.63, 3.8) is 0 Å². The predicted octanol–water partition coefficient (Wildman–Crippen LogP) is 4.92. The lowest BCUT2D eigenvalue weighted by Gasteiger charge is -2.14. The van der Waals surface area contributed by atoms with Crippen LogP contribution in [0.15, 0.2) is 84.0 Å². The number of aromatic nitrogens is 3. The van der Waals surface area contributed by atoms with Crippen molar-refractivity contribution in [3.8, 4) is 28.6 Å². The highest BCUT2D eigenvalue weighted by Gasteiger charge is 2.18. The molecule has 0 fully saturated rings. The zero-order valence-corrected chi connectivity index (χ0v) is 20.1. The summed E-state index contributed by atoms with van der Waals surface area (Å²) in [5.41, 5.74) is 2.82. The molecule has 4 aromatic rings. The van der Waals surface area contributed by atoms with Crippen molar-refractivity contribution < 1.29 is 14.3 Å². The fraction of sp³-hybridized carbons (Fsp3) is 0.192. The van der Waals surface area contributed by atoms with E-state index in [1.807, 2.05) is 90.4 Å². The zero-order valence-electron chi connectivity index (χ0n) is 19.3. The summed E-state index contributed by atoms with van der Waals surface area (Å²) in [6.45, 7) is 1.97. The molecule has 0 spiro atoms. The molecular formula is C26H26N4O3S. The minimum Gasteiger partial charge on any atom is -0.497 e. The maximum Gasteiger partial charge on any atom is 0.230 e. The molecule has 0 aliphatic carbocycles. The molecule has 34 heavy (non-hydrogen) atoms. The third kappa shape index (κ3) is 5.40. The van der Waals surface area contributed by atoms with Crippen molar-refractivity contribution >= 4 is 17.7 Å². The van der Waals surface area contributed by atoms with Crippen LogP contribution in [0.5, 0.6) is 11.5 Å². The Bertz CT molecular complexity index is 1230. The summed E-state index contributed by atoms with van der Waals surface area (Å²) in [5.74, 6) is 2.34. The lowest BCUT2D eigenvalue weighted by Crippen LogP contribution is -2.28. The van der Waals surface area contributed by atoms with Crippen LogP contribution in [0, 0.1) is 0 Å². The maximum atomic E-state index is 12.7. The van der Waals surface area contributed by atoms with E-state index in [0.717, 1.165) is 28.3 Å². The van der Waals surface area contributed by atoms with Crippen LogP contribution in [0.1, 0.15) is 18.5 Å². The van der Waals surface area contributed by atoms with Gasteiger partial charge in [0, 0.05) is 11.3 Å². The van der Waals surface area contributed by atoms with E-state index in [1.165, 1.54) is 11.8 Å². The Morgan fingerprint density at radius 2 is 1.53 bits per heavy atom. The van der Waals surface area contributed by atoms with Gasteiger partial charge in [0.2, 0.25) is 5.91 Å². The molecule has 3 aromatic carbocycles. The molecule has 174 valence electrons. The van der Waals surface area contributed by atoms with Crippen LogP contribution in [-0.2, 0) is 4.79 Å². The number of methoxy groups -OCH3 is 2. The number of carbonyl (C=O) groups excluding carboxylic acids is 1. The first-order valence-corrected chi connectivity index (χ1v) is 11.8. The highest BCUT2D eigenvalue weighted by molar-refractivity contribution is 7.99. The van der Waals surface area contributed by atoms with Crippen LogP contribution in [-0.4, -0.2) is 40.6 Å². The van der Waals surface area contributed by atoms with Crippen molar-refractivity contribution in [1.82, 2.24) is 20.1 Å². The second-order valence-corrected chi connectivity index (χ2v) is 8.50. The number of benzene rings is 3. The number of carbonyl (C=O) groups is 1. The number of hydrogen-bond acceptors (Lipinski definition) is 6. The molecule has 1 N–H and O–H groups in total. The van der Waals surface area contributed by atoms with Gasteiger partial charge in [-0.3, -0.25) is 9.36 Å². The molecule has 0 radical (unpaired) electrons. The number of thioether (sulfide) groups is 1. The minimum atomic E-state index is -0.0800. The Morgan fingerprint density at radius 1 is 0.912 bits per heavy atom.